The van der Waals surface area contributed by atoms with Gasteiger partial charge in [0.2, 0.25) is 0 Å². The van der Waals surface area contributed by atoms with Crippen molar-refractivity contribution >= 4 is 0 Å². The Labute approximate surface area is 450 Å². The number of hydrogen-bond acceptors (Lipinski definition) is 8. The second-order valence-corrected chi connectivity index (χ2v) is 22.3. The van der Waals surface area contributed by atoms with E-state index in [9.17, 15) is 0 Å². The van der Waals surface area contributed by atoms with Crippen LogP contribution in [0.3, 0.4) is 0 Å². The molecular formula is C68H62O8. The molecule has 8 saturated carbocycles. The van der Waals surface area contributed by atoms with Crippen LogP contribution < -0.4 is 37.9 Å². The summed E-state index contributed by atoms with van der Waals surface area (Å²) in [4.78, 5) is 0. The highest BCUT2D eigenvalue weighted by atomic mass is 16.5. The molecule has 4 unspecified atom stereocenters. The zero-order valence-corrected chi connectivity index (χ0v) is 43.1. The molecule has 8 fully saturated rings. The molecule has 4 atom stereocenters. The van der Waals surface area contributed by atoms with Crippen molar-refractivity contribution in [2.24, 2.45) is 22.7 Å². The van der Waals surface area contributed by atoms with Crippen LogP contribution in [0, 0.1) is 121 Å². The lowest BCUT2D eigenvalue weighted by Gasteiger charge is -2.77. The summed E-state index contributed by atoms with van der Waals surface area (Å²) in [6.07, 6.45) is 57.9. The molecule has 8 nitrogen and oxygen atoms in total. The lowest BCUT2D eigenvalue weighted by molar-refractivity contribution is -0.225. The van der Waals surface area contributed by atoms with Gasteiger partial charge in [-0.2, -0.15) is 0 Å². The maximum Gasteiger partial charge on any atom is 0.148 e. The number of benzene rings is 4. The standard InChI is InChI=1S/C68H62O8/c1-9-25-69-51-17-21-55(59(33-51)73-29-13-5)63-37-49-38-64(43-63,56-22-18-52(70-26-10-2)34-60(56)74-30-14-6)46-67(41-49,45-63)68-42-50-39-65(47-68,57-23-19-53(71-27-11-3)35-61(57)75-31-15-7)44-66(40-50,48-68)58-24-20-54(72-28-12-4)36-62(58)76-32-16-8/h1-8,17-24,33-36,49-50H,25-32,37-48H2. The van der Waals surface area contributed by atoms with Gasteiger partial charge in [0.25, 0.3) is 0 Å². The quantitative estimate of drug-likeness (QED) is 0.0765. The largest absolute Gasteiger partial charge is 0.481 e. The van der Waals surface area contributed by atoms with Gasteiger partial charge in [0, 0.05) is 68.2 Å². The fourth-order valence-corrected chi connectivity index (χ4v) is 16.8. The van der Waals surface area contributed by atoms with Crippen LogP contribution in [0.15, 0.2) is 72.8 Å². The van der Waals surface area contributed by atoms with Crippen LogP contribution >= 0.6 is 0 Å². The highest BCUT2D eigenvalue weighted by Gasteiger charge is 2.75. The van der Waals surface area contributed by atoms with E-state index in [1.54, 1.807) is 0 Å². The third-order valence-corrected chi connectivity index (χ3v) is 17.9. The molecule has 4 aromatic rings. The molecule has 8 aliphatic rings. The van der Waals surface area contributed by atoms with Crippen molar-refractivity contribution in [1.29, 1.82) is 0 Å². The molecular weight excluding hydrogens is 945 g/mol. The van der Waals surface area contributed by atoms with Crippen molar-refractivity contribution < 1.29 is 37.9 Å². The van der Waals surface area contributed by atoms with Gasteiger partial charge < -0.3 is 37.9 Å². The van der Waals surface area contributed by atoms with Gasteiger partial charge in [0.05, 0.1) is 0 Å². The highest BCUT2D eigenvalue weighted by Crippen LogP contribution is 2.83. The summed E-state index contributed by atoms with van der Waals surface area (Å²) in [5.74, 6) is 27.4. The van der Waals surface area contributed by atoms with E-state index in [1.165, 1.54) is 0 Å². The Morgan fingerprint density at radius 2 is 0.526 bits per heavy atom. The Morgan fingerprint density at radius 3 is 0.750 bits per heavy atom. The zero-order chi connectivity index (χ0) is 53.0. The van der Waals surface area contributed by atoms with Crippen LogP contribution in [0.1, 0.15) is 99.3 Å². The minimum Gasteiger partial charge on any atom is -0.481 e. The predicted molar refractivity (Wildman–Crippen MR) is 294 cm³/mol. The number of rotatable bonds is 21. The summed E-state index contributed by atoms with van der Waals surface area (Å²) in [5.41, 5.74) is 2.59. The molecule has 0 aromatic heterocycles. The average molecular weight is 1010 g/mol. The second-order valence-electron chi connectivity index (χ2n) is 22.3. The third kappa shape index (κ3) is 9.03. The number of terminal acetylenes is 8. The van der Waals surface area contributed by atoms with Gasteiger partial charge in [0.1, 0.15) is 98.9 Å². The third-order valence-electron chi connectivity index (χ3n) is 17.9. The van der Waals surface area contributed by atoms with Gasteiger partial charge in [-0.15, -0.1) is 51.4 Å². The van der Waals surface area contributed by atoms with Crippen molar-refractivity contribution in [1.82, 2.24) is 0 Å². The molecule has 8 heteroatoms. The first-order valence-electron chi connectivity index (χ1n) is 26.1. The van der Waals surface area contributed by atoms with E-state index in [2.05, 4.69) is 71.6 Å². The van der Waals surface area contributed by atoms with Gasteiger partial charge in [-0.05, 0) is 124 Å². The monoisotopic (exact) mass is 1010 g/mol. The minimum atomic E-state index is -0.367. The lowest BCUT2D eigenvalue weighted by Crippen LogP contribution is -2.70. The zero-order valence-electron chi connectivity index (χ0n) is 43.1. The molecule has 382 valence electrons. The van der Waals surface area contributed by atoms with E-state index in [1.807, 2.05) is 48.5 Å². The highest BCUT2D eigenvalue weighted by molar-refractivity contribution is 5.56. The minimum absolute atomic E-state index is 0.0918. The van der Waals surface area contributed by atoms with Crippen molar-refractivity contribution in [3.8, 4) is 145 Å². The van der Waals surface area contributed by atoms with E-state index >= 15 is 0 Å². The Balaban J connectivity index is 1.22. The van der Waals surface area contributed by atoms with Crippen LogP contribution in [-0.4, -0.2) is 52.9 Å². The molecule has 76 heavy (non-hydrogen) atoms. The van der Waals surface area contributed by atoms with Crippen LogP contribution in [0.5, 0.6) is 46.0 Å². The topological polar surface area (TPSA) is 73.8 Å². The predicted octanol–water partition coefficient (Wildman–Crippen LogP) is 10.8. The number of ether oxygens (including phenoxy) is 8. The summed E-state index contributed by atoms with van der Waals surface area (Å²) >= 11 is 0. The first-order chi connectivity index (χ1) is 37.0. The molecule has 0 radical (unpaired) electrons. The van der Waals surface area contributed by atoms with E-state index in [0.29, 0.717) is 57.8 Å². The van der Waals surface area contributed by atoms with Gasteiger partial charge >= 0.3 is 0 Å². The maximum atomic E-state index is 6.61. The fraction of sp³-hybridized carbons (Fsp3) is 0.412. The van der Waals surface area contributed by atoms with Crippen molar-refractivity contribution in [2.45, 2.75) is 98.7 Å². The molecule has 12 rings (SSSR count). The molecule has 0 heterocycles. The average Bonchev–Trinajstić information content (AvgIpc) is 3.61. The van der Waals surface area contributed by atoms with E-state index < -0.39 is 0 Å². The van der Waals surface area contributed by atoms with E-state index in [-0.39, 0.29) is 85.3 Å². The van der Waals surface area contributed by atoms with Crippen molar-refractivity contribution in [3.05, 3.63) is 95.1 Å². The van der Waals surface area contributed by atoms with Gasteiger partial charge in [-0.3, -0.25) is 0 Å². The summed E-state index contributed by atoms with van der Waals surface area (Å²) in [6.45, 7) is 0.845. The van der Waals surface area contributed by atoms with Crippen LogP contribution in [0.2, 0.25) is 0 Å². The molecule has 8 bridgehead atoms. The lowest BCUT2D eigenvalue weighted by atomic mass is 9.26. The summed E-state index contributed by atoms with van der Waals surface area (Å²) in [6, 6.07) is 24.8. The summed E-state index contributed by atoms with van der Waals surface area (Å²) in [7, 11) is 0. The van der Waals surface area contributed by atoms with Crippen molar-refractivity contribution in [2.75, 3.05) is 52.9 Å². The molecule has 4 aromatic carbocycles. The Morgan fingerprint density at radius 1 is 0.303 bits per heavy atom. The van der Waals surface area contributed by atoms with Gasteiger partial charge in [-0.1, -0.05) is 71.6 Å². The van der Waals surface area contributed by atoms with E-state index in [4.69, 9.17) is 89.3 Å². The Hall–Kier alpha value is -8.24. The van der Waals surface area contributed by atoms with Crippen LogP contribution in [-0.2, 0) is 21.7 Å². The van der Waals surface area contributed by atoms with Crippen LogP contribution in [0.4, 0.5) is 0 Å². The summed E-state index contributed by atoms with van der Waals surface area (Å²) < 4.78 is 50.6. The molecule has 0 amide bonds. The summed E-state index contributed by atoms with van der Waals surface area (Å²) in [5, 5.41) is 0. The number of hydrogen-bond donors (Lipinski definition) is 0. The molecule has 0 aliphatic heterocycles. The van der Waals surface area contributed by atoms with Gasteiger partial charge in [-0.25, -0.2) is 0 Å². The normalized spacial score (nSPS) is 28.5. The Kier molecular flexibility index (Phi) is 14.0. The second kappa shape index (κ2) is 20.8. The SMILES string of the molecule is C#CCOc1ccc(C23CC4CC(c5ccc(OCC#C)cc5OCC#C)(C2)CC(C25CC6CC(c7ccc(OCC#C)cc7OCC#C)(CC(c7ccc(OCC#C)cc7OCC#C)(C6)C2)C5)(C4)C3)c(OCC#C)c1. The smallest absolute Gasteiger partial charge is 0.148 e. The Bertz CT molecular complexity index is 2830. The van der Waals surface area contributed by atoms with E-state index in [0.717, 1.165) is 99.3 Å². The molecule has 0 spiro atoms. The maximum absolute atomic E-state index is 6.61. The van der Waals surface area contributed by atoms with Crippen LogP contribution in [0.25, 0.3) is 0 Å². The first-order valence-corrected chi connectivity index (χ1v) is 26.1. The van der Waals surface area contributed by atoms with Crippen molar-refractivity contribution in [3.63, 3.8) is 0 Å². The molecule has 0 N–H and O–H groups in total. The fourth-order valence-electron chi connectivity index (χ4n) is 16.8. The first kappa shape index (κ1) is 51.3. The molecule has 0 saturated heterocycles. The molecule has 8 aliphatic carbocycles. The van der Waals surface area contributed by atoms with Gasteiger partial charge in [0.15, 0.2) is 0 Å².